The number of β-amino-alcohol motifs (C(OH)–C–C–N with tert-alkyl or cyclic N) is 1. The van der Waals surface area contributed by atoms with Gasteiger partial charge in [-0.25, -0.2) is 0 Å². The Bertz CT molecular complexity index is 542. The number of carbonyl (C=O) groups excluding carboxylic acids is 1. The Kier molecular flexibility index (Phi) is 5.19. The van der Waals surface area contributed by atoms with Crippen LogP contribution < -0.4 is 5.32 Å². The fourth-order valence-corrected chi connectivity index (χ4v) is 2.29. The van der Waals surface area contributed by atoms with Gasteiger partial charge in [-0.3, -0.25) is 24.5 Å². The standard InChI is InChI=1S/C12H17N4O4P/c17-11(7-14-4-5-15(21)12(18)8-14)13-9-2-1-3-10(6-9)16(19)20/h1-3,6,12,18H,4-5,7-8,21H2,(H,13,17). The van der Waals surface area contributed by atoms with Crippen molar-refractivity contribution in [3.8, 4) is 0 Å². The number of non-ortho nitro benzene ring substituents is 1. The van der Waals surface area contributed by atoms with Crippen molar-refractivity contribution in [2.45, 2.75) is 6.23 Å². The number of nitrogens with one attached hydrogen (secondary N) is 1. The molecule has 2 unspecified atom stereocenters. The summed E-state index contributed by atoms with van der Waals surface area (Å²) in [6.45, 7) is 1.84. The highest BCUT2D eigenvalue weighted by Gasteiger charge is 2.23. The minimum Gasteiger partial charge on any atom is -0.377 e. The van der Waals surface area contributed by atoms with Crippen LogP contribution in [0.1, 0.15) is 0 Å². The van der Waals surface area contributed by atoms with E-state index in [0.717, 1.165) is 0 Å². The first-order valence-corrected chi connectivity index (χ1v) is 6.93. The predicted molar refractivity (Wildman–Crippen MR) is 80.6 cm³/mol. The van der Waals surface area contributed by atoms with Gasteiger partial charge in [0.2, 0.25) is 5.91 Å². The Balaban J connectivity index is 1.90. The van der Waals surface area contributed by atoms with Gasteiger partial charge in [-0.2, -0.15) is 0 Å². The SMILES string of the molecule is O=C(CN1CCN(P)C(O)C1)Nc1cccc([N+](=O)[O-])c1. The smallest absolute Gasteiger partial charge is 0.271 e. The number of hydrogen-bond donors (Lipinski definition) is 2. The summed E-state index contributed by atoms with van der Waals surface area (Å²) in [4.78, 5) is 23.9. The summed E-state index contributed by atoms with van der Waals surface area (Å²) < 4.78 is 1.73. The number of hydrogen-bond acceptors (Lipinski definition) is 6. The second-order valence-electron chi connectivity index (χ2n) is 4.81. The van der Waals surface area contributed by atoms with Gasteiger partial charge in [-0.15, -0.1) is 0 Å². The molecule has 114 valence electrons. The van der Waals surface area contributed by atoms with Crippen LogP contribution in [0.4, 0.5) is 11.4 Å². The van der Waals surface area contributed by atoms with Crippen molar-refractivity contribution >= 4 is 26.7 Å². The normalized spacial score (nSPS) is 20.2. The van der Waals surface area contributed by atoms with E-state index in [1.54, 1.807) is 10.7 Å². The van der Waals surface area contributed by atoms with Crippen molar-refractivity contribution in [1.82, 2.24) is 9.57 Å². The molecule has 0 radical (unpaired) electrons. The van der Waals surface area contributed by atoms with E-state index in [4.69, 9.17) is 0 Å². The zero-order valence-electron chi connectivity index (χ0n) is 11.3. The van der Waals surface area contributed by atoms with Crippen LogP contribution >= 0.6 is 9.39 Å². The highest BCUT2D eigenvalue weighted by atomic mass is 31.0. The molecule has 1 fully saturated rings. The monoisotopic (exact) mass is 312 g/mol. The van der Waals surface area contributed by atoms with Crippen LogP contribution in [0.3, 0.4) is 0 Å². The van der Waals surface area contributed by atoms with Crippen molar-refractivity contribution in [3.63, 3.8) is 0 Å². The zero-order valence-corrected chi connectivity index (χ0v) is 12.5. The Hall–Kier alpha value is -1.60. The van der Waals surface area contributed by atoms with Gasteiger partial charge in [-0.1, -0.05) is 15.5 Å². The second-order valence-corrected chi connectivity index (χ2v) is 5.47. The summed E-state index contributed by atoms with van der Waals surface area (Å²) in [5.41, 5.74) is 0.319. The Labute approximate surface area is 124 Å². The lowest BCUT2D eigenvalue weighted by Gasteiger charge is -2.35. The molecule has 1 saturated heterocycles. The van der Waals surface area contributed by atoms with Crippen LogP contribution in [-0.2, 0) is 4.79 Å². The summed E-state index contributed by atoms with van der Waals surface area (Å²) in [6.07, 6.45) is -0.616. The maximum Gasteiger partial charge on any atom is 0.271 e. The van der Waals surface area contributed by atoms with Gasteiger partial charge in [0.15, 0.2) is 0 Å². The minimum absolute atomic E-state index is 0.0696. The molecule has 8 nitrogen and oxygen atoms in total. The third kappa shape index (κ3) is 4.44. The zero-order chi connectivity index (χ0) is 15.4. The number of nitrogens with zero attached hydrogens (tertiary/aromatic N) is 3. The van der Waals surface area contributed by atoms with E-state index in [1.807, 2.05) is 4.90 Å². The number of nitro benzene ring substituents is 1. The van der Waals surface area contributed by atoms with Gasteiger partial charge in [0, 0.05) is 37.5 Å². The summed E-state index contributed by atoms with van der Waals surface area (Å²) in [6, 6.07) is 5.79. The molecule has 21 heavy (non-hydrogen) atoms. The number of rotatable bonds is 4. The van der Waals surface area contributed by atoms with Crippen LogP contribution in [0, 0.1) is 10.1 Å². The van der Waals surface area contributed by atoms with Gasteiger partial charge in [0.05, 0.1) is 11.5 Å². The molecule has 1 heterocycles. The highest BCUT2D eigenvalue weighted by Crippen LogP contribution is 2.17. The van der Waals surface area contributed by atoms with Crippen LogP contribution in [0.5, 0.6) is 0 Å². The molecule has 1 aromatic rings. The molecule has 1 aromatic carbocycles. The van der Waals surface area contributed by atoms with Crippen LogP contribution in [-0.4, -0.2) is 57.9 Å². The Morgan fingerprint density at radius 2 is 2.29 bits per heavy atom. The summed E-state index contributed by atoms with van der Waals surface area (Å²) in [5, 5.41) is 23.0. The number of aliphatic hydroxyl groups is 1. The Morgan fingerprint density at radius 1 is 1.52 bits per heavy atom. The molecule has 0 saturated carbocycles. The van der Waals surface area contributed by atoms with E-state index in [9.17, 15) is 20.0 Å². The predicted octanol–water partition coefficient (Wildman–Crippen LogP) is 0.259. The number of piperazine rings is 1. The van der Waals surface area contributed by atoms with Gasteiger partial charge >= 0.3 is 0 Å². The average Bonchev–Trinajstić information content (AvgIpc) is 2.43. The first-order chi connectivity index (χ1) is 9.95. The third-order valence-corrected chi connectivity index (χ3v) is 3.79. The number of carbonyl (C=O) groups is 1. The maximum absolute atomic E-state index is 11.9. The lowest BCUT2D eigenvalue weighted by Crippen LogP contribution is -2.50. The number of benzene rings is 1. The van der Waals surface area contributed by atoms with Gasteiger partial charge in [0.1, 0.15) is 6.23 Å². The van der Waals surface area contributed by atoms with Crippen LogP contribution in [0.2, 0.25) is 0 Å². The number of amides is 1. The molecule has 0 bridgehead atoms. The van der Waals surface area contributed by atoms with Crippen molar-refractivity contribution in [2.24, 2.45) is 0 Å². The first-order valence-electron chi connectivity index (χ1n) is 6.42. The van der Waals surface area contributed by atoms with E-state index < -0.39 is 11.2 Å². The van der Waals surface area contributed by atoms with Crippen LogP contribution in [0.25, 0.3) is 0 Å². The molecule has 9 heteroatoms. The molecular weight excluding hydrogens is 295 g/mol. The van der Waals surface area contributed by atoms with Crippen molar-refractivity contribution in [3.05, 3.63) is 34.4 Å². The Morgan fingerprint density at radius 3 is 2.95 bits per heavy atom. The van der Waals surface area contributed by atoms with E-state index >= 15 is 0 Å². The molecular formula is C12H17N4O4P. The minimum atomic E-state index is -0.616. The van der Waals surface area contributed by atoms with Gasteiger partial charge < -0.3 is 10.4 Å². The van der Waals surface area contributed by atoms with Crippen molar-refractivity contribution in [1.29, 1.82) is 0 Å². The molecule has 1 aliphatic heterocycles. The van der Waals surface area contributed by atoms with Gasteiger partial charge in [0.25, 0.3) is 5.69 Å². The van der Waals surface area contributed by atoms with E-state index in [0.29, 0.717) is 25.3 Å². The fraction of sp³-hybridized carbons (Fsp3) is 0.417. The summed E-state index contributed by atoms with van der Waals surface area (Å²) in [7, 11) is 2.44. The topological polar surface area (TPSA) is 99.0 Å². The van der Waals surface area contributed by atoms with Crippen molar-refractivity contribution in [2.75, 3.05) is 31.5 Å². The molecule has 2 N–H and O–H groups in total. The number of aliphatic hydroxyl groups excluding tert-OH is 1. The van der Waals surface area contributed by atoms with Gasteiger partial charge in [-0.05, 0) is 6.07 Å². The summed E-state index contributed by atoms with van der Waals surface area (Å²) in [5.74, 6) is -0.264. The summed E-state index contributed by atoms with van der Waals surface area (Å²) >= 11 is 0. The van der Waals surface area contributed by atoms with Crippen molar-refractivity contribution < 1.29 is 14.8 Å². The van der Waals surface area contributed by atoms with E-state index in [1.165, 1.54) is 18.2 Å². The van der Waals surface area contributed by atoms with Crippen LogP contribution in [0.15, 0.2) is 24.3 Å². The fourth-order valence-electron chi connectivity index (χ4n) is 2.08. The van der Waals surface area contributed by atoms with E-state index in [2.05, 4.69) is 14.7 Å². The van der Waals surface area contributed by atoms with E-state index in [-0.39, 0.29) is 18.1 Å². The largest absolute Gasteiger partial charge is 0.377 e. The average molecular weight is 312 g/mol. The first kappa shape index (κ1) is 15.8. The molecule has 0 aromatic heterocycles. The quantitative estimate of drug-likeness (QED) is 0.470. The maximum atomic E-state index is 11.9. The third-order valence-electron chi connectivity index (χ3n) is 3.19. The highest BCUT2D eigenvalue weighted by molar-refractivity contribution is 7.13. The lowest BCUT2D eigenvalue weighted by molar-refractivity contribution is -0.384. The molecule has 0 aliphatic carbocycles. The number of anilines is 1. The number of nitro groups is 1. The molecule has 2 atom stereocenters. The molecule has 0 spiro atoms. The molecule has 1 aliphatic rings. The molecule has 2 rings (SSSR count). The second kappa shape index (κ2) is 6.91. The molecule has 1 amide bonds. The lowest BCUT2D eigenvalue weighted by atomic mass is 10.2.